The minimum atomic E-state index is -3.68. The molecule has 8 nitrogen and oxygen atoms in total. The van der Waals surface area contributed by atoms with E-state index in [1.54, 1.807) is 19.1 Å². The van der Waals surface area contributed by atoms with Crippen molar-refractivity contribution in [3.8, 4) is 0 Å². The number of hydrogen-bond donors (Lipinski definition) is 3. The van der Waals surface area contributed by atoms with Crippen LogP contribution in [0.5, 0.6) is 0 Å². The molecule has 0 amide bonds. The van der Waals surface area contributed by atoms with E-state index in [1.807, 2.05) is 13.0 Å². The topological polar surface area (TPSA) is 127 Å². The molecule has 1 heterocycles. The first-order valence-electron chi connectivity index (χ1n) is 6.55. The molecule has 21 heavy (non-hydrogen) atoms. The number of nitrogens with one attached hydrogen (secondary N) is 2. The summed E-state index contributed by atoms with van der Waals surface area (Å²) in [4.78, 5) is 0.166. The molecule has 114 valence electrons. The number of tetrazole rings is 1. The molecule has 1 aromatic carbocycles. The number of aromatic nitrogens is 4. The van der Waals surface area contributed by atoms with Crippen molar-refractivity contribution in [2.75, 3.05) is 0 Å². The van der Waals surface area contributed by atoms with Gasteiger partial charge in [0.1, 0.15) is 0 Å². The predicted octanol–water partition coefficient (Wildman–Crippen LogP) is 0.649. The van der Waals surface area contributed by atoms with Crippen LogP contribution in [0.4, 0.5) is 0 Å². The molecule has 0 aliphatic heterocycles. The molecule has 1 aromatic heterocycles. The van der Waals surface area contributed by atoms with Crippen LogP contribution in [0.2, 0.25) is 0 Å². The van der Waals surface area contributed by atoms with Crippen LogP contribution in [0, 0.1) is 0 Å². The number of hydrogen-bond acceptors (Lipinski definition) is 6. The molecule has 0 aliphatic carbocycles. The summed E-state index contributed by atoms with van der Waals surface area (Å²) < 4.78 is 27.2. The van der Waals surface area contributed by atoms with Crippen LogP contribution in [-0.4, -0.2) is 29.0 Å². The normalized spacial score (nSPS) is 14.8. The van der Waals surface area contributed by atoms with E-state index in [2.05, 4.69) is 25.3 Å². The summed E-state index contributed by atoms with van der Waals surface area (Å²) in [6.07, 6.45) is 0.732. The largest absolute Gasteiger partial charge is 0.324 e. The lowest BCUT2D eigenvalue weighted by Crippen LogP contribution is -2.28. The van der Waals surface area contributed by atoms with Crippen LogP contribution in [0.15, 0.2) is 29.2 Å². The molecule has 2 rings (SSSR count). The summed E-state index contributed by atoms with van der Waals surface area (Å²) in [5.41, 5.74) is 6.72. The lowest BCUT2D eigenvalue weighted by molar-refractivity contribution is 0.559. The Bertz CT molecular complexity index is 686. The second-order valence-electron chi connectivity index (χ2n) is 4.70. The van der Waals surface area contributed by atoms with Gasteiger partial charge in [0, 0.05) is 6.04 Å². The van der Waals surface area contributed by atoms with Crippen LogP contribution in [0.1, 0.15) is 43.7 Å². The van der Waals surface area contributed by atoms with E-state index < -0.39 is 16.1 Å². The van der Waals surface area contributed by atoms with E-state index >= 15 is 0 Å². The first kappa shape index (κ1) is 15.5. The Kier molecular flexibility index (Phi) is 4.66. The zero-order chi connectivity index (χ0) is 15.5. The fourth-order valence-electron chi connectivity index (χ4n) is 1.85. The standard InChI is InChI=1S/C12H18N6O2S/c1-3-11(13)9-5-4-6-10(7-9)21(19,20)16-8(2)12-14-17-18-15-12/h4-8,11,16H,3,13H2,1-2H3,(H,14,15,17,18). The number of nitrogens with zero attached hydrogens (tertiary/aromatic N) is 3. The van der Waals surface area contributed by atoms with E-state index in [4.69, 9.17) is 5.73 Å². The summed E-state index contributed by atoms with van der Waals surface area (Å²) in [6, 6.07) is 5.83. The molecular formula is C12H18N6O2S. The Morgan fingerprint density at radius 2 is 2.19 bits per heavy atom. The van der Waals surface area contributed by atoms with Crippen molar-refractivity contribution in [2.24, 2.45) is 5.73 Å². The molecule has 0 radical (unpaired) electrons. The van der Waals surface area contributed by atoms with E-state index in [0.717, 1.165) is 12.0 Å². The third-order valence-electron chi connectivity index (χ3n) is 3.12. The highest BCUT2D eigenvalue weighted by molar-refractivity contribution is 7.89. The summed E-state index contributed by atoms with van der Waals surface area (Å²) in [5, 5.41) is 13.2. The fraction of sp³-hybridized carbons (Fsp3) is 0.417. The van der Waals surface area contributed by atoms with Gasteiger partial charge in [-0.05, 0) is 31.0 Å². The average molecular weight is 310 g/mol. The zero-order valence-electron chi connectivity index (χ0n) is 11.8. The van der Waals surface area contributed by atoms with Crippen molar-refractivity contribution < 1.29 is 8.42 Å². The lowest BCUT2D eigenvalue weighted by atomic mass is 10.1. The molecule has 0 aliphatic rings. The summed E-state index contributed by atoms with van der Waals surface area (Å²) in [7, 11) is -3.68. The Morgan fingerprint density at radius 3 is 2.81 bits per heavy atom. The maximum absolute atomic E-state index is 12.4. The van der Waals surface area contributed by atoms with Crippen molar-refractivity contribution in [1.29, 1.82) is 0 Å². The SMILES string of the molecule is CCC(N)c1cccc(S(=O)(=O)NC(C)c2nn[nH]n2)c1. The molecule has 0 saturated heterocycles. The summed E-state index contributed by atoms with van der Waals surface area (Å²) in [5.74, 6) is 0.278. The predicted molar refractivity (Wildman–Crippen MR) is 76.6 cm³/mol. The molecule has 0 fully saturated rings. The van der Waals surface area contributed by atoms with Gasteiger partial charge in [0.05, 0.1) is 10.9 Å². The van der Waals surface area contributed by atoms with Crippen molar-refractivity contribution in [1.82, 2.24) is 25.3 Å². The van der Waals surface area contributed by atoms with Gasteiger partial charge in [0.25, 0.3) is 0 Å². The number of nitrogens with two attached hydrogens (primary N) is 1. The van der Waals surface area contributed by atoms with Crippen molar-refractivity contribution in [3.63, 3.8) is 0 Å². The smallest absolute Gasteiger partial charge is 0.241 e. The molecule has 2 atom stereocenters. The fourth-order valence-corrected chi connectivity index (χ4v) is 3.11. The van der Waals surface area contributed by atoms with Gasteiger partial charge in [-0.3, -0.25) is 0 Å². The second-order valence-corrected chi connectivity index (χ2v) is 6.41. The maximum Gasteiger partial charge on any atom is 0.241 e. The molecule has 0 saturated carbocycles. The minimum absolute atomic E-state index is 0.166. The van der Waals surface area contributed by atoms with Gasteiger partial charge in [-0.25, -0.2) is 13.1 Å². The molecule has 0 spiro atoms. The van der Waals surface area contributed by atoms with Crippen molar-refractivity contribution in [3.05, 3.63) is 35.7 Å². The second kappa shape index (κ2) is 6.29. The van der Waals surface area contributed by atoms with Gasteiger partial charge < -0.3 is 5.73 Å². The summed E-state index contributed by atoms with van der Waals surface area (Å²) in [6.45, 7) is 3.59. The lowest BCUT2D eigenvalue weighted by Gasteiger charge is -2.13. The first-order chi connectivity index (χ1) is 9.94. The number of sulfonamides is 1. The van der Waals surface area contributed by atoms with E-state index in [9.17, 15) is 8.42 Å². The van der Waals surface area contributed by atoms with E-state index in [0.29, 0.717) is 0 Å². The average Bonchev–Trinajstić information content (AvgIpc) is 3.00. The third kappa shape index (κ3) is 3.63. The Balaban J connectivity index is 2.23. The van der Waals surface area contributed by atoms with Gasteiger partial charge >= 0.3 is 0 Å². The van der Waals surface area contributed by atoms with E-state index in [-0.39, 0.29) is 16.8 Å². The van der Waals surface area contributed by atoms with Gasteiger partial charge in [-0.2, -0.15) is 5.21 Å². The molecule has 0 bridgehead atoms. The van der Waals surface area contributed by atoms with Crippen LogP contribution in [-0.2, 0) is 10.0 Å². The van der Waals surface area contributed by atoms with E-state index in [1.165, 1.54) is 6.07 Å². The number of benzene rings is 1. The van der Waals surface area contributed by atoms with Gasteiger partial charge in [0.2, 0.25) is 10.0 Å². The van der Waals surface area contributed by atoms with Crippen LogP contribution >= 0.6 is 0 Å². The molecule has 2 aromatic rings. The molecular weight excluding hydrogens is 292 g/mol. The zero-order valence-corrected chi connectivity index (χ0v) is 12.6. The number of rotatable bonds is 6. The van der Waals surface area contributed by atoms with Crippen LogP contribution < -0.4 is 10.5 Å². The Hall–Kier alpha value is -1.84. The molecule has 2 unspecified atom stereocenters. The maximum atomic E-state index is 12.4. The van der Waals surface area contributed by atoms with Crippen molar-refractivity contribution >= 4 is 10.0 Å². The van der Waals surface area contributed by atoms with Gasteiger partial charge in [0.15, 0.2) is 5.82 Å². The van der Waals surface area contributed by atoms with Gasteiger partial charge in [-0.1, -0.05) is 24.3 Å². The quantitative estimate of drug-likeness (QED) is 0.719. The molecule has 9 heteroatoms. The Morgan fingerprint density at radius 1 is 1.43 bits per heavy atom. The molecule has 4 N–H and O–H groups in total. The number of aromatic amines is 1. The Labute approximate surface area is 123 Å². The minimum Gasteiger partial charge on any atom is -0.324 e. The summed E-state index contributed by atoms with van der Waals surface area (Å²) >= 11 is 0. The highest BCUT2D eigenvalue weighted by Gasteiger charge is 2.21. The highest BCUT2D eigenvalue weighted by Crippen LogP contribution is 2.19. The van der Waals surface area contributed by atoms with Crippen molar-refractivity contribution in [2.45, 2.75) is 37.2 Å². The van der Waals surface area contributed by atoms with Gasteiger partial charge in [-0.15, -0.1) is 10.2 Å². The van der Waals surface area contributed by atoms with Crippen LogP contribution in [0.25, 0.3) is 0 Å². The van der Waals surface area contributed by atoms with Crippen LogP contribution in [0.3, 0.4) is 0 Å². The number of H-pyrrole nitrogens is 1. The highest BCUT2D eigenvalue weighted by atomic mass is 32.2. The third-order valence-corrected chi connectivity index (χ3v) is 4.66. The first-order valence-corrected chi connectivity index (χ1v) is 8.03. The monoisotopic (exact) mass is 310 g/mol.